The highest BCUT2D eigenvalue weighted by Gasteiger charge is 2.29. The van der Waals surface area contributed by atoms with Crippen LogP contribution in [-0.4, -0.2) is 64.0 Å². The molecule has 36 heavy (non-hydrogen) atoms. The molecule has 0 saturated carbocycles. The van der Waals surface area contributed by atoms with Crippen LogP contribution in [0.4, 0.5) is 0 Å². The minimum atomic E-state index is -1.37. The zero-order valence-electron chi connectivity index (χ0n) is 19.9. The van der Waals surface area contributed by atoms with Crippen LogP contribution in [0.2, 0.25) is 0 Å². The van der Waals surface area contributed by atoms with Gasteiger partial charge in [-0.1, -0.05) is 42.5 Å². The van der Waals surface area contributed by atoms with Gasteiger partial charge in [0, 0.05) is 12.0 Å². The molecule has 2 aromatic carbocycles. The average Bonchev–Trinajstić information content (AvgIpc) is 2.84. The zero-order valence-corrected chi connectivity index (χ0v) is 19.9. The summed E-state index contributed by atoms with van der Waals surface area (Å²) in [7, 11) is 0. The van der Waals surface area contributed by atoms with E-state index in [1.807, 2.05) is 30.3 Å². The lowest BCUT2D eigenvalue weighted by atomic mass is 10.0. The van der Waals surface area contributed by atoms with Crippen LogP contribution in [0.1, 0.15) is 37.0 Å². The molecule has 4 amide bonds. The number of aliphatic hydroxyl groups is 1. The van der Waals surface area contributed by atoms with Crippen molar-refractivity contribution in [3.05, 3.63) is 60.2 Å². The summed E-state index contributed by atoms with van der Waals surface area (Å²) in [6.45, 7) is 2.63. The molecule has 0 bridgehead atoms. The summed E-state index contributed by atoms with van der Waals surface area (Å²) >= 11 is 0. The second-order valence-corrected chi connectivity index (χ2v) is 8.26. The van der Waals surface area contributed by atoms with Gasteiger partial charge in [0.05, 0.1) is 6.10 Å². The van der Waals surface area contributed by atoms with Gasteiger partial charge in [0.25, 0.3) is 5.91 Å². The van der Waals surface area contributed by atoms with E-state index in [9.17, 15) is 29.1 Å². The monoisotopic (exact) mass is 498 g/mol. The minimum absolute atomic E-state index is 0.216. The van der Waals surface area contributed by atoms with Crippen molar-refractivity contribution in [3.63, 3.8) is 0 Å². The number of carboxylic acid groups (broad SMARTS) is 1. The SMILES string of the molecule is C[C@H](NC(=O)[C@@H](NC(=O)c1ccc(-c2ccccc2)cc1)[C@@H](C)O)C(=O)N[C@@H](CCC(=O)O)C(N)=O. The number of carbonyl (C=O) groups excluding carboxylic acids is 4. The molecule has 192 valence electrons. The highest BCUT2D eigenvalue weighted by molar-refractivity contribution is 5.99. The highest BCUT2D eigenvalue weighted by Crippen LogP contribution is 2.19. The highest BCUT2D eigenvalue weighted by atomic mass is 16.4. The summed E-state index contributed by atoms with van der Waals surface area (Å²) in [4.78, 5) is 60.0. The number of nitrogens with one attached hydrogen (secondary N) is 3. The molecular weight excluding hydrogens is 468 g/mol. The van der Waals surface area contributed by atoms with Gasteiger partial charge >= 0.3 is 5.97 Å². The number of hydrogen-bond acceptors (Lipinski definition) is 6. The number of aliphatic hydroxyl groups excluding tert-OH is 1. The van der Waals surface area contributed by atoms with Crippen LogP contribution in [0, 0.1) is 0 Å². The van der Waals surface area contributed by atoms with Crippen molar-refractivity contribution in [1.82, 2.24) is 16.0 Å². The quantitative estimate of drug-likeness (QED) is 0.240. The molecule has 0 saturated heterocycles. The third-order valence-electron chi connectivity index (χ3n) is 5.36. The van der Waals surface area contributed by atoms with E-state index < -0.39 is 60.2 Å². The number of carboxylic acids is 1. The van der Waals surface area contributed by atoms with E-state index in [1.165, 1.54) is 13.8 Å². The fourth-order valence-electron chi connectivity index (χ4n) is 3.29. The summed E-state index contributed by atoms with van der Waals surface area (Å²) in [5.41, 5.74) is 7.33. The Morgan fingerprint density at radius 1 is 0.833 bits per heavy atom. The summed E-state index contributed by atoms with van der Waals surface area (Å²) < 4.78 is 0. The zero-order chi connectivity index (χ0) is 26.8. The molecule has 7 N–H and O–H groups in total. The first-order chi connectivity index (χ1) is 17.0. The second-order valence-electron chi connectivity index (χ2n) is 8.26. The van der Waals surface area contributed by atoms with Gasteiger partial charge in [0.2, 0.25) is 17.7 Å². The summed E-state index contributed by atoms with van der Waals surface area (Å²) in [5, 5.41) is 25.9. The van der Waals surface area contributed by atoms with Gasteiger partial charge < -0.3 is 31.9 Å². The van der Waals surface area contributed by atoms with Gasteiger partial charge in [0.15, 0.2) is 0 Å². The van der Waals surface area contributed by atoms with E-state index >= 15 is 0 Å². The smallest absolute Gasteiger partial charge is 0.303 e. The van der Waals surface area contributed by atoms with E-state index in [0.29, 0.717) is 0 Å². The first kappa shape index (κ1) is 28.0. The van der Waals surface area contributed by atoms with Crippen LogP contribution >= 0.6 is 0 Å². The van der Waals surface area contributed by atoms with Crippen LogP contribution < -0.4 is 21.7 Å². The maximum Gasteiger partial charge on any atom is 0.303 e. The van der Waals surface area contributed by atoms with E-state index in [0.717, 1.165) is 11.1 Å². The number of primary amides is 1. The molecule has 0 aliphatic rings. The lowest BCUT2D eigenvalue weighted by molar-refractivity contribution is -0.137. The molecule has 0 aromatic heterocycles. The molecule has 11 nitrogen and oxygen atoms in total. The van der Waals surface area contributed by atoms with Crippen molar-refractivity contribution in [1.29, 1.82) is 0 Å². The number of benzene rings is 2. The molecule has 4 atom stereocenters. The van der Waals surface area contributed by atoms with Gasteiger partial charge in [-0.25, -0.2) is 0 Å². The molecule has 0 spiro atoms. The Kier molecular flexibility index (Phi) is 10.1. The summed E-state index contributed by atoms with van der Waals surface area (Å²) in [5.74, 6) is -4.30. The molecule has 2 rings (SSSR count). The Labute approximate surface area is 208 Å². The molecule has 0 aliphatic carbocycles. The predicted octanol–water partition coefficient (Wildman–Crippen LogP) is 0.172. The lowest BCUT2D eigenvalue weighted by Gasteiger charge is -2.24. The van der Waals surface area contributed by atoms with Gasteiger partial charge in [-0.15, -0.1) is 0 Å². The van der Waals surface area contributed by atoms with Crippen molar-refractivity contribution in [2.24, 2.45) is 5.73 Å². The van der Waals surface area contributed by atoms with Gasteiger partial charge in [-0.05, 0) is 43.5 Å². The molecule has 2 aromatic rings. The molecule has 0 heterocycles. The number of aliphatic carboxylic acids is 1. The molecule has 11 heteroatoms. The van der Waals surface area contributed by atoms with Crippen molar-refractivity contribution < 1.29 is 34.2 Å². The molecule has 0 aliphatic heterocycles. The second kappa shape index (κ2) is 13.0. The number of nitrogens with two attached hydrogens (primary N) is 1. The first-order valence-electron chi connectivity index (χ1n) is 11.3. The lowest BCUT2D eigenvalue weighted by Crippen LogP contribution is -2.57. The number of amides is 4. The Morgan fingerprint density at radius 3 is 1.94 bits per heavy atom. The van der Waals surface area contributed by atoms with Crippen LogP contribution in [0.25, 0.3) is 11.1 Å². The standard InChI is InChI=1S/C25H30N4O7/c1-14(23(34)28-19(22(26)33)12-13-20(31)32)27-25(36)21(15(2)30)29-24(35)18-10-8-17(9-11-18)16-6-4-3-5-7-16/h3-11,14-15,19,21,30H,12-13H2,1-2H3,(H2,26,33)(H,27,36)(H,28,34)(H,29,35)(H,31,32)/t14-,15+,19-,21-/m0/s1. The Bertz CT molecular complexity index is 1090. The van der Waals surface area contributed by atoms with Crippen LogP contribution in [0.15, 0.2) is 54.6 Å². The Hall–Kier alpha value is -4.25. The normalized spacial score (nSPS) is 14.0. The molecule has 0 unspecified atom stereocenters. The van der Waals surface area contributed by atoms with E-state index in [4.69, 9.17) is 10.8 Å². The predicted molar refractivity (Wildman–Crippen MR) is 130 cm³/mol. The van der Waals surface area contributed by atoms with Crippen molar-refractivity contribution >= 4 is 29.6 Å². The van der Waals surface area contributed by atoms with Crippen molar-refractivity contribution in [2.45, 2.75) is 50.9 Å². The van der Waals surface area contributed by atoms with Gasteiger partial charge in [-0.3, -0.25) is 24.0 Å². The van der Waals surface area contributed by atoms with E-state index in [2.05, 4.69) is 16.0 Å². The van der Waals surface area contributed by atoms with Crippen molar-refractivity contribution in [3.8, 4) is 11.1 Å². The van der Waals surface area contributed by atoms with Gasteiger partial charge in [0.1, 0.15) is 18.1 Å². The Morgan fingerprint density at radius 2 is 1.42 bits per heavy atom. The van der Waals surface area contributed by atoms with Crippen LogP contribution in [0.3, 0.4) is 0 Å². The molecule has 0 radical (unpaired) electrons. The third kappa shape index (κ3) is 8.20. The maximum atomic E-state index is 12.7. The number of rotatable bonds is 12. The van der Waals surface area contributed by atoms with E-state index in [-0.39, 0.29) is 12.0 Å². The van der Waals surface area contributed by atoms with Crippen LogP contribution in [-0.2, 0) is 19.2 Å². The average molecular weight is 499 g/mol. The largest absolute Gasteiger partial charge is 0.481 e. The number of carbonyl (C=O) groups is 5. The van der Waals surface area contributed by atoms with Crippen LogP contribution in [0.5, 0.6) is 0 Å². The summed E-state index contributed by atoms with van der Waals surface area (Å²) in [6, 6.07) is 12.5. The first-order valence-corrected chi connectivity index (χ1v) is 11.3. The molecule has 0 fully saturated rings. The molecular formula is C25H30N4O7. The minimum Gasteiger partial charge on any atom is -0.481 e. The maximum absolute atomic E-state index is 12.7. The van der Waals surface area contributed by atoms with E-state index in [1.54, 1.807) is 24.3 Å². The number of hydrogen-bond donors (Lipinski definition) is 6. The third-order valence-corrected chi connectivity index (χ3v) is 5.36. The fraction of sp³-hybridized carbons (Fsp3) is 0.320. The van der Waals surface area contributed by atoms with Crippen molar-refractivity contribution in [2.75, 3.05) is 0 Å². The summed E-state index contributed by atoms with van der Waals surface area (Å²) in [6.07, 6.45) is -1.90. The topological polar surface area (TPSA) is 188 Å². The Balaban J connectivity index is 2.01. The fourth-order valence-corrected chi connectivity index (χ4v) is 3.29. The van der Waals surface area contributed by atoms with Gasteiger partial charge in [-0.2, -0.15) is 0 Å².